The van der Waals surface area contributed by atoms with E-state index in [-0.39, 0.29) is 41.2 Å². The zero-order chi connectivity index (χ0) is 25.3. The number of aliphatic hydroxyl groups is 1. The number of nitrogens with zero attached hydrogens (tertiary/aromatic N) is 4. The second kappa shape index (κ2) is 9.61. The highest BCUT2D eigenvalue weighted by molar-refractivity contribution is 6.00. The second-order valence-corrected chi connectivity index (χ2v) is 9.32. The number of para-hydroxylation sites is 1. The van der Waals surface area contributed by atoms with Crippen molar-refractivity contribution in [1.82, 2.24) is 19.9 Å². The zero-order valence-corrected chi connectivity index (χ0v) is 20.1. The number of ether oxygens (including phenoxy) is 1. The fraction of sp³-hybridized carbons (Fsp3) is 0.417. The van der Waals surface area contributed by atoms with Gasteiger partial charge in [-0.05, 0) is 38.9 Å². The lowest BCUT2D eigenvalue weighted by atomic mass is 10.0. The largest absolute Gasteiger partial charge is 0.389 e. The molecule has 2 unspecified atom stereocenters. The summed E-state index contributed by atoms with van der Waals surface area (Å²) in [5, 5.41) is 13.9. The van der Waals surface area contributed by atoms with E-state index in [4.69, 9.17) is 21.2 Å². The van der Waals surface area contributed by atoms with Gasteiger partial charge in [0.15, 0.2) is 5.65 Å². The van der Waals surface area contributed by atoms with Crippen molar-refractivity contribution < 1.29 is 14.6 Å². The molecule has 3 aromatic rings. The lowest BCUT2D eigenvalue weighted by molar-refractivity contribution is 0.0461. The number of carbonyl (C=O) groups excluding carboxylic acids is 1. The number of primary amides is 1. The van der Waals surface area contributed by atoms with Crippen LogP contribution in [0.1, 0.15) is 37.0 Å². The van der Waals surface area contributed by atoms with Crippen molar-refractivity contribution in [2.45, 2.75) is 51.1 Å². The van der Waals surface area contributed by atoms with Gasteiger partial charge in [-0.25, -0.2) is 4.98 Å². The number of methoxy groups -OCH3 is 1. The van der Waals surface area contributed by atoms with Crippen LogP contribution in [-0.2, 0) is 11.3 Å². The molecule has 0 saturated carbocycles. The molecule has 4 rings (SSSR count). The van der Waals surface area contributed by atoms with Gasteiger partial charge in [0.25, 0.3) is 5.91 Å². The molecule has 35 heavy (non-hydrogen) atoms. The van der Waals surface area contributed by atoms with E-state index in [0.29, 0.717) is 12.4 Å². The summed E-state index contributed by atoms with van der Waals surface area (Å²) in [6.07, 6.45) is 2.77. The van der Waals surface area contributed by atoms with Gasteiger partial charge >= 0.3 is 0 Å². The first-order valence-corrected chi connectivity index (χ1v) is 11.4. The topological polar surface area (TPSA) is 162 Å². The highest BCUT2D eigenvalue weighted by Crippen LogP contribution is 2.31. The van der Waals surface area contributed by atoms with Crippen molar-refractivity contribution in [2.24, 2.45) is 5.73 Å². The number of fused-ring (bicyclic) bond motifs is 1. The molecular formula is C24H31N7O4. The molecule has 0 bridgehead atoms. The maximum absolute atomic E-state index is 13.1. The summed E-state index contributed by atoms with van der Waals surface area (Å²) in [6, 6.07) is 9.73. The Bertz CT molecular complexity index is 1290. The van der Waals surface area contributed by atoms with Crippen LogP contribution in [0.2, 0.25) is 0 Å². The molecule has 186 valence electrons. The zero-order valence-electron chi connectivity index (χ0n) is 20.1. The summed E-state index contributed by atoms with van der Waals surface area (Å²) in [5.74, 6) is -0.732. The van der Waals surface area contributed by atoms with Gasteiger partial charge in [-0.2, -0.15) is 4.98 Å². The van der Waals surface area contributed by atoms with Crippen LogP contribution in [0.5, 0.6) is 0 Å². The number of nitrogens with one attached hydrogen (secondary N) is 1. The van der Waals surface area contributed by atoms with Gasteiger partial charge in [-0.1, -0.05) is 18.2 Å². The van der Waals surface area contributed by atoms with Crippen LogP contribution in [0.3, 0.4) is 0 Å². The molecule has 0 radical (unpaired) electrons. The minimum atomic E-state index is -1.21. The number of nitrogen functional groups attached to an aromatic ring is 1. The summed E-state index contributed by atoms with van der Waals surface area (Å²) < 4.78 is 6.99. The number of rotatable bonds is 7. The average molecular weight is 482 g/mol. The molecule has 6 N–H and O–H groups in total. The molecule has 11 heteroatoms. The Balaban J connectivity index is 1.94. The molecule has 0 spiro atoms. The molecule has 2 atom stereocenters. The lowest BCUT2D eigenvalue weighted by Crippen LogP contribution is -2.47. The molecule has 1 fully saturated rings. The fourth-order valence-corrected chi connectivity index (χ4v) is 4.48. The molecule has 2 aromatic heterocycles. The van der Waals surface area contributed by atoms with Gasteiger partial charge in [-0.3, -0.25) is 14.9 Å². The van der Waals surface area contributed by atoms with Gasteiger partial charge in [0.05, 0.1) is 17.5 Å². The van der Waals surface area contributed by atoms with Crippen LogP contribution >= 0.6 is 0 Å². The number of benzene rings is 1. The first kappa shape index (κ1) is 24.6. The number of hydrogen-bond acceptors (Lipinski definition) is 9. The fourth-order valence-electron chi connectivity index (χ4n) is 4.48. The van der Waals surface area contributed by atoms with Crippen molar-refractivity contribution >= 4 is 34.4 Å². The van der Waals surface area contributed by atoms with Gasteiger partial charge in [0, 0.05) is 31.5 Å². The number of carbonyl (C=O) groups is 1. The van der Waals surface area contributed by atoms with E-state index in [0.717, 1.165) is 18.7 Å². The number of piperidine rings is 1. The van der Waals surface area contributed by atoms with Gasteiger partial charge in [0.1, 0.15) is 17.6 Å². The van der Waals surface area contributed by atoms with Crippen LogP contribution in [0.25, 0.3) is 11.0 Å². The molecule has 1 saturated heterocycles. The highest BCUT2D eigenvalue weighted by atomic mass is 16.5. The second-order valence-electron chi connectivity index (χ2n) is 9.32. The van der Waals surface area contributed by atoms with Gasteiger partial charge in [-0.15, -0.1) is 0 Å². The molecule has 1 amide bonds. The first-order valence-electron chi connectivity index (χ1n) is 11.4. The monoisotopic (exact) mass is 481 g/mol. The standard InChI is InChI=1S/C24H31N7O4/c1-24(2,34)13-30-20(25)18(21(26)33)19(32)16-12-28-23(29-22(16)30)31(14-7-5-4-6-8-14)15-9-10-27-17(11-15)35-3/h4-8,12,15,17,27,34H,9-11,13,25H2,1-3H3,(H2,26,33). The molecule has 1 aromatic carbocycles. The van der Waals surface area contributed by atoms with Crippen molar-refractivity contribution in [2.75, 3.05) is 24.3 Å². The van der Waals surface area contributed by atoms with Crippen molar-refractivity contribution in [3.8, 4) is 0 Å². The van der Waals surface area contributed by atoms with E-state index in [2.05, 4.69) is 10.3 Å². The van der Waals surface area contributed by atoms with Crippen LogP contribution < -0.4 is 27.1 Å². The maximum atomic E-state index is 13.1. The number of nitrogens with two attached hydrogens (primary N) is 2. The van der Waals surface area contributed by atoms with Gasteiger partial charge in [0.2, 0.25) is 11.4 Å². The Morgan fingerprint density at radius 2 is 2.06 bits per heavy atom. The minimum absolute atomic E-state index is 0.0118. The highest BCUT2D eigenvalue weighted by Gasteiger charge is 2.31. The minimum Gasteiger partial charge on any atom is -0.389 e. The summed E-state index contributed by atoms with van der Waals surface area (Å²) in [5.41, 5.74) is 10.6. The van der Waals surface area contributed by atoms with Gasteiger partial charge < -0.3 is 30.8 Å². The van der Waals surface area contributed by atoms with Crippen LogP contribution in [0, 0.1) is 0 Å². The van der Waals surface area contributed by atoms with E-state index in [1.165, 1.54) is 10.8 Å². The first-order chi connectivity index (χ1) is 16.6. The Morgan fingerprint density at radius 3 is 2.69 bits per heavy atom. The van der Waals surface area contributed by atoms with Crippen molar-refractivity contribution in [3.63, 3.8) is 0 Å². The predicted octanol–water partition coefficient (Wildman–Crippen LogP) is 1.11. The van der Waals surface area contributed by atoms with E-state index < -0.39 is 16.9 Å². The Labute approximate surface area is 202 Å². The lowest BCUT2D eigenvalue weighted by Gasteiger charge is -2.37. The molecule has 1 aliphatic heterocycles. The molecule has 11 nitrogen and oxygen atoms in total. The van der Waals surface area contributed by atoms with E-state index in [1.54, 1.807) is 21.0 Å². The maximum Gasteiger partial charge on any atom is 0.256 e. The summed E-state index contributed by atoms with van der Waals surface area (Å²) in [4.78, 5) is 36.4. The molecule has 3 heterocycles. The number of anilines is 3. The van der Waals surface area contributed by atoms with E-state index in [1.807, 2.05) is 35.2 Å². The third-order valence-electron chi connectivity index (χ3n) is 6.06. The van der Waals surface area contributed by atoms with Crippen LogP contribution in [-0.4, -0.2) is 57.1 Å². The third kappa shape index (κ3) is 4.97. The van der Waals surface area contributed by atoms with Crippen LogP contribution in [0.15, 0.2) is 41.3 Å². The van der Waals surface area contributed by atoms with Crippen LogP contribution in [0.4, 0.5) is 17.5 Å². The summed E-state index contributed by atoms with van der Waals surface area (Å²) in [7, 11) is 1.66. The average Bonchev–Trinajstić information content (AvgIpc) is 2.82. The van der Waals surface area contributed by atoms with E-state index >= 15 is 0 Å². The molecule has 1 aliphatic rings. The number of pyridine rings is 1. The number of hydrogen-bond donors (Lipinski definition) is 4. The summed E-state index contributed by atoms with van der Waals surface area (Å²) in [6.45, 7) is 3.92. The number of aromatic nitrogens is 3. The number of amides is 1. The van der Waals surface area contributed by atoms with Crippen molar-refractivity contribution in [3.05, 3.63) is 52.3 Å². The Morgan fingerprint density at radius 1 is 1.34 bits per heavy atom. The smallest absolute Gasteiger partial charge is 0.256 e. The molecular weight excluding hydrogens is 450 g/mol. The third-order valence-corrected chi connectivity index (χ3v) is 6.06. The quantitative estimate of drug-likeness (QED) is 0.387. The molecule has 0 aliphatic carbocycles. The predicted molar refractivity (Wildman–Crippen MR) is 133 cm³/mol. The Kier molecular flexibility index (Phi) is 6.75. The SMILES string of the molecule is COC1CC(N(c2ccccc2)c2ncc3c(=O)c(C(N)=O)c(N)n(CC(C)(C)O)c3n2)CCN1. The van der Waals surface area contributed by atoms with E-state index in [9.17, 15) is 14.7 Å². The van der Waals surface area contributed by atoms with Crippen molar-refractivity contribution in [1.29, 1.82) is 0 Å². The Hall–Kier alpha value is -3.54. The normalized spacial score (nSPS) is 18.5. The summed E-state index contributed by atoms with van der Waals surface area (Å²) >= 11 is 0.